The number of aryl methyl sites for hydroxylation is 1. The minimum Gasteiger partial charge on any atom is -0.346 e. The minimum atomic E-state index is -0.181. The summed E-state index contributed by atoms with van der Waals surface area (Å²) < 4.78 is 0. The van der Waals surface area contributed by atoms with E-state index in [4.69, 9.17) is 0 Å². The van der Waals surface area contributed by atoms with E-state index >= 15 is 0 Å². The van der Waals surface area contributed by atoms with Gasteiger partial charge in [-0.05, 0) is 30.5 Å². The lowest BCUT2D eigenvalue weighted by atomic mass is 10.1. The van der Waals surface area contributed by atoms with Crippen molar-refractivity contribution in [2.45, 2.75) is 25.3 Å². The van der Waals surface area contributed by atoms with Crippen molar-refractivity contribution in [1.82, 2.24) is 15.2 Å². The number of likely N-dealkylation sites (tertiary alicyclic amines) is 1. The number of hydrogen-bond donors (Lipinski definition) is 1. The predicted octanol–water partition coefficient (Wildman–Crippen LogP) is 2.05. The van der Waals surface area contributed by atoms with Gasteiger partial charge in [-0.1, -0.05) is 36.4 Å². The fourth-order valence-electron chi connectivity index (χ4n) is 2.92. The lowest BCUT2D eigenvalue weighted by Gasteiger charge is -2.17. The van der Waals surface area contributed by atoms with Gasteiger partial charge in [0.25, 0.3) is 5.91 Å². The highest BCUT2D eigenvalue weighted by molar-refractivity contribution is 5.92. The predicted molar refractivity (Wildman–Crippen MR) is 91.5 cm³/mol. The summed E-state index contributed by atoms with van der Waals surface area (Å²) in [5, 5.41) is 2.96. The van der Waals surface area contributed by atoms with Gasteiger partial charge in [0.05, 0.1) is 0 Å². The highest BCUT2D eigenvalue weighted by Gasteiger charge is 2.27. The molecule has 2 aromatic rings. The van der Waals surface area contributed by atoms with Gasteiger partial charge in [-0.25, -0.2) is 0 Å². The Kier molecular flexibility index (Phi) is 5.21. The van der Waals surface area contributed by atoms with Gasteiger partial charge < -0.3 is 10.2 Å². The first-order valence-corrected chi connectivity index (χ1v) is 8.26. The van der Waals surface area contributed by atoms with Crippen LogP contribution in [0.25, 0.3) is 0 Å². The van der Waals surface area contributed by atoms with E-state index < -0.39 is 0 Å². The van der Waals surface area contributed by atoms with Crippen LogP contribution < -0.4 is 5.32 Å². The number of carbonyl (C=O) groups is 2. The van der Waals surface area contributed by atoms with Crippen molar-refractivity contribution in [2.24, 2.45) is 0 Å². The molecule has 1 fully saturated rings. The molecule has 0 radical (unpaired) electrons. The second kappa shape index (κ2) is 7.73. The molecule has 1 aromatic heterocycles. The molecule has 2 amide bonds. The third kappa shape index (κ3) is 4.19. The summed E-state index contributed by atoms with van der Waals surface area (Å²) in [5.41, 5.74) is 1.58. The van der Waals surface area contributed by atoms with E-state index in [1.807, 2.05) is 35.2 Å². The van der Waals surface area contributed by atoms with E-state index in [1.54, 1.807) is 24.4 Å². The Morgan fingerprint density at radius 2 is 1.92 bits per heavy atom. The first-order valence-electron chi connectivity index (χ1n) is 8.26. The molecular formula is C19H21N3O2. The highest BCUT2D eigenvalue weighted by atomic mass is 16.2. The number of amides is 2. The SMILES string of the molecule is O=C(N[C@@H]1CCN(C(=O)CCc2ccccc2)C1)c1ccccn1. The zero-order valence-corrected chi connectivity index (χ0v) is 13.5. The lowest BCUT2D eigenvalue weighted by Crippen LogP contribution is -2.38. The number of nitrogens with one attached hydrogen (secondary N) is 1. The van der Waals surface area contributed by atoms with Gasteiger partial charge in [0, 0.05) is 31.7 Å². The highest BCUT2D eigenvalue weighted by Crippen LogP contribution is 2.13. The molecule has 1 N–H and O–H groups in total. The van der Waals surface area contributed by atoms with Crippen molar-refractivity contribution in [2.75, 3.05) is 13.1 Å². The van der Waals surface area contributed by atoms with Crippen molar-refractivity contribution in [3.05, 3.63) is 66.0 Å². The molecule has 1 aliphatic heterocycles. The van der Waals surface area contributed by atoms with Gasteiger partial charge in [-0.3, -0.25) is 14.6 Å². The summed E-state index contributed by atoms with van der Waals surface area (Å²) in [6.45, 7) is 1.27. The van der Waals surface area contributed by atoms with Crippen LogP contribution in [0.15, 0.2) is 54.7 Å². The van der Waals surface area contributed by atoms with Gasteiger partial charge in [-0.2, -0.15) is 0 Å². The first-order chi connectivity index (χ1) is 11.7. The third-order valence-corrected chi connectivity index (χ3v) is 4.24. The molecule has 0 aliphatic carbocycles. The smallest absolute Gasteiger partial charge is 0.270 e. The number of aromatic nitrogens is 1. The monoisotopic (exact) mass is 323 g/mol. The average molecular weight is 323 g/mol. The van der Waals surface area contributed by atoms with Crippen LogP contribution in [0.3, 0.4) is 0 Å². The fourth-order valence-corrected chi connectivity index (χ4v) is 2.92. The molecule has 24 heavy (non-hydrogen) atoms. The van der Waals surface area contributed by atoms with Gasteiger partial charge in [0.1, 0.15) is 5.69 Å². The van der Waals surface area contributed by atoms with Crippen molar-refractivity contribution >= 4 is 11.8 Å². The summed E-state index contributed by atoms with van der Waals surface area (Å²) in [6.07, 6.45) is 3.64. The van der Waals surface area contributed by atoms with Crippen LogP contribution in [0.4, 0.5) is 0 Å². The molecule has 0 spiro atoms. The Labute approximate surface area is 141 Å². The van der Waals surface area contributed by atoms with E-state index in [0.717, 1.165) is 12.8 Å². The molecular weight excluding hydrogens is 302 g/mol. The Morgan fingerprint density at radius 1 is 1.12 bits per heavy atom. The maximum Gasteiger partial charge on any atom is 0.270 e. The molecule has 0 unspecified atom stereocenters. The van der Waals surface area contributed by atoms with Crippen molar-refractivity contribution < 1.29 is 9.59 Å². The van der Waals surface area contributed by atoms with Crippen LogP contribution in [0.2, 0.25) is 0 Å². The number of nitrogens with zero attached hydrogens (tertiary/aromatic N) is 2. The molecule has 2 heterocycles. The standard InChI is InChI=1S/C19H21N3O2/c23-18(10-9-15-6-2-1-3-7-15)22-13-11-16(14-22)21-19(24)17-8-4-5-12-20-17/h1-8,12,16H,9-11,13-14H2,(H,21,24)/t16-/m1/s1. The molecule has 3 rings (SSSR count). The van der Waals surface area contributed by atoms with E-state index in [2.05, 4.69) is 10.3 Å². The van der Waals surface area contributed by atoms with Crippen LogP contribution in [0.1, 0.15) is 28.9 Å². The summed E-state index contributed by atoms with van der Waals surface area (Å²) in [6, 6.07) is 15.3. The van der Waals surface area contributed by atoms with Gasteiger partial charge in [-0.15, -0.1) is 0 Å². The van der Waals surface area contributed by atoms with Crippen LogP contribution >= 0.6 is 0 Å². The molecule has 5 heteroatoms. The summed E-state index contributed by atoms with van der Waals surface area (Å²) in [4.78, 5) is 30.3. The third-order valence-electron chi connectivity index (χ3n) is 4.24. The van der Waals surface area contributed by atoms with Crippen molar-refractivity contribution in [1.29, 1.82) is 0 Å². The van der Waals surface area contributed by atoms with Crippen LogP contribution in [-0.4, -0.2) is 40.8 Å². The zero-order valence-electron chi connectivity index (χ0n) is 13.5. The topological polar surface area (TPSA) is 62.3 Å². The van der Waals surface area contributed by atoms with Crippen molar-refractivity contribution in [3.8, 4) is 0 Å². The molecule has 1 atom stereocenters. The second-order valence-electron chi connectivity index (χ2n) is 6.00. The number of carbonyl (C=O) groups excluding carboxylic acids is 2. The maximum absolute atomic E-state index is 12.3. The van der Waals surface area contributed by atoms with E-state index in [1.165, 1.54) is 5.56 Å². The van der Waals surface area contributed by atoms with Gasteiger partial charge in [0.2, 0.25) is 5.91 Å². The van der Waals surface area contributed by atoms with E-state index in [-0.39, 0.29) is 17.9 Å². The summed E-state index contributed by atoms with van der Waals surface area (Å²) in [7, 11) is 0. The zero-order chi connectivity index (χ0) is 16.8. The molecule has 1 aliphatic rings. The largest absolute Gasteiger partial charge is 0.346 e. The van der Waals surface area contributed by atoms with Gasteiger partial charge in [0.15, 0.2) is 0 Å². The van der Waals surface area contributed by atoms with E-state index in [9.17, 15) is 9.59 Å². The Morgan fingerprint density at radius 3 is 2.67 bits per heavy atom. The maximum atomic E-state index is 12.3. The van der Waals surface area contributed by atoms with E-state index in [0.29, 0.717) is 25.2 Å². The Bertz CT molecular complexity index is 688. The molecule has 124 valence electrons. The van der Waals surface area contributed by atoms with Crippen molar-refractivity contribution in [3.63, 3.8) is 0 Å². The summed E-state index contributed by atoms with van der Waals surface area (Å²) in [5.74, 6) is -0.0346. The van der Waals surface area contributed by atoms with Crippen LogP contribution in [0.5, 0.6) is 0 Å². The lowest BCUT2D eigenvalue weighted by molar-refractivity contribution is -0.130. The number of pyridine rings is 1. The number of benzene rings is 1. The average Bonchev–Trinajstić information content (AvgIpc) is 3.10. The van der Waals surface area contributed by atoms with Crippen LogP contribution in [-0.2, 0) is 11.2 Å². The summed E-state index contributed by atoms with van der Waals surface area (Å²) >= 11 is 0. The van der Waals surface area contributed by atoms with Crippen LogP contribution in [0, 0.1) is 0 Å². The second-order valence-corrected chi connectivity index (χ2v) is 6.00. The Balaban J connectivity index is 1.46. The first kappa shape index (κ1) is 16.2. The quantitative estimate of drug-likeness (QED) is 0.916. The van der Waals surface area contributed by atoms with Gasteiger partial charge >= 0.3 is 0 Å². The molecule has 5 nitrogen and oxygen atoms in total. The Hall–Kier alpha value is -2.69. The molecule has 0 bridgehead atoms. The molecule has 1 aromatic carbocycles. The minimum absolute atomic E-state index is 0.000168. The number of hydrogen-bond acceptors (Lipinski definition) is 3. The molecule has 0 saturated carbocycles. The molecule has 1 saturated heterocycles. The fraction of sp³-hybridized carbons (Fsp3) is 0.316. The normalized spacial score (nSPS) is 16.8. The number of rotatable bonds is 5.